The Balaban J connectivity index is 1.56. The first-order valence-electron chi connectivity index (χ1n) is 8.36. The van der Waals surface area contributed by atoms with Gasteiger partial charge in [0, 0.05) is 32.7 Å². The summed E-state index contributed by atoms with van der Waals surface area (Å²) >= 11 is 0. The Morgan fingerprint density at radius 3 is 2.21 bits per heavy atom. The molecule has 0 aromatic heterocycles. The monoisotopic (exact) mass is 268 g/mol. The Morgan fingerprint density at radius 1 is 0.947 bits per heavy atom. The lowest BCUT2D eigenvalue weighted by molar-refractivity contribution is -0.0179. The molecule has 0 bridgehead atoms. The molecule has 0 N–H and O–H groups in total. The number of hydrogen-bond donors (Lipinski definition) is 0. The lowest BCUT2D eigenvalue weighted by Crippen LogP contribution is -2.47. The quantitative estimate of drug-likeness (QED) is 0.736. The van der Waals surface area contributed by atoms with Crippen molar-refractivity contribution in [2.45, 2.75) is 52.1 Å². The maximum Gasteiger partial charge on any atom is 0.0601 e. The minimum absolute atomic E-state index is 0.537. The van der Waals surface area contributed by atoms with E-state index in [1.54, 1.807) is 0 Å². The Bertz CT molecular complexity index is 239. The van der Waals surface area contributed by atoms with Crippen LogP contribution in [0.2, 0.25) is 0 Å². The molecule has 1 aliphatic carbocycles. The molecular weight excluding hydrogens is 236 g/mol. The summed E-state index contributed by atoms with van der Waals surface area (Å²) < 4.78 is 6.12. The van der Waals surface area contributed by atoms with E-state index >= 15 is 0 Å². The second kappa shape index (κ2) is 8.23. The van der Waals surface area contributed by atoms with Crippen LogP contribution in [-0.4, -0.2) is 61.8 Å². The van der Waals surface area contributed by atoms with Crippen molar-refractivity contribution >= 4 is 0 Å². The molecule has 0 spiro atoms. The van der Waals surface area contributed by atoms with Gasteiger partial charge in [0.1, 0.15) is 0 Å². The Labute approximate surface area is 119 Å². The summed E-state index contributed by atoms with van der Waals surface area (Å²) in [5.41, 5.74) is 0. The zero-order chi connectivity index (χ0) is 13.5. The predicted molar refractivity (Wildman–Crippen MR) is 80.5 cm³/mol. The van der Waals surface area contributed by atoms with Crippen molar-refractivity contribution in [3.05, 3.63) is 0 Å². The highest BCUT2D eigenvalue weighted by Gasteiger charge is 2.22. The van der Waals surface area contributed by atoms with Gasteiger partial charge < -0.3 is 9.64 Å². The van der Waals surface area contributed by atoms with E-state index in [9.17, 15) is 0 Å². The number of piperazine rings is 1. The Hall–Kier alpha value is -0.120. The van der Waals surface area contributed by atoms with Crippen LogP contribution >= 0.6 is 0 Å². The van der Waals surface area contributed by atoms with Crippen LogP contribution in [0.3, 0.4) is 0 Å². The molecule has 1 aliphatic heterocycles. The van der Waals surface area contributed by atoms with Crippen LogP contribution < -0.4 is 0 Å². The number of hydrogen-bond acceptors (Lipinski definition) is 3. The van der Waals surface area contributed by atoms with Crippen LogP contribution in [0, 0.1) is 5.92 Å². The van der Waals surface area contributed by atoms with Crippen LogP contribution in [-0.2, 0) is 4.74 Å². The van der Waals surface area contributed by atoms with Gasteiger partial charge in [-0.15, -0.1) is 0 Å². The smallest absolute Gasteiger partial charge is 0.0601 e. The molecule has 2 atom stereocenters. The summed E-state index contributed by atoms with van der Waals surface area (Å²) in [5.74, 6) is 0.773. The maximum atomic E-state index is 6.12. The van der Waals surface area contributed by atoms with Crippen molar-refractivity contribution in [3.8, 4) is 0 Å². The number of ether oxygens (including phenoxy) is 1. The van der Waals surface area contributed by atoms with Crippen LogP contribution in [0.15, 0.2) is 0 Å². The fraction of sp³-hybridized carbons (Fsp3) is 1.00. The van der Waals surface area contributed by atoms with E-state index in [0.29, 0.717) is 6.10 Å². The third-order valence-electron chi connectivity index (χ3n) is 4.78. The molecule has 0 aromatic rings. The van der Waals surface area contributed by atoms with E-state index < -0.39 is 0 Å². The van der Waals surface area contributed by atoms with E-state index in [1.807, 2.05) is 0 Å². The molecule has 2 fully saturated rings. The molecule has 0 aromatic carbocycles. The van der Waals surface area contributed by atoms with Crippen molar-refractivity contribution in [2.75, 3.05) is 45.9 Å². The van der Waals surface area contributed by atoms with Gasteiger partial charge >= 0.3 is 0 Å². The molecule has 0 amide bonds. The third kappa shape index (κ3) is 5.05. The number of rotatable bonds is 6. The SMILES string of the molecule is CCCN1CCN(CCO[C@H]2CCCC[C@H]2C)CC1. The Kier molecular flexibility index (Phi) is 6.62. The van der Waals surface area contributed by atoms with Crippen molar-refractivity contribution in [3.63, 3.8) is 0 Å². The zero-order valence-electron chi connectivity index (χ0n) is 12.9. The maximum absolute atomic E-state index is 6.12. The lowest BCUT2D eigenvalue weighted by atomic mass is 9.88. The fourth-order valence-electron chi connectivity index (χ4n) is 3.42. The van der Waals surface area contributed by atoms with Gasteiger partial charge in [-0.1, -0.05) is 26.7 Å². The van der Waals surface area contributed by atoms with E-state index in [-0.39, 0.29) is 0 Å². The molecule has 1 saturated carbocycles. The first kappa shape index (κ1) is 15.3. The van der Waals surface area contributed by atoms with Crippen LogP contribution in [0.25, 0.3) is 0 Å². The highest BCUT2D eigenvalue weighted by atomic mass is 16.5. The normalized spacial score (nSPS) is 30.6. The van der Waals surface area contributed by atoms with Crippen molar-refractivity contribution < 1.29 is 4.74 Å². The van der Waals surface area contributed by atoms with Crippen LogP contribution in [0.1, 0.15) is 46.0 Å². The van der Waals surface area contributed by atoms with Gasteiger partial charge in [0.25, 0.3) is 0 Å². The third-order valence-corrected chi connectivity index (χ3v) is 4.78. The largest absolute Gasteiger partial charge is 0.377 e. The summed E-state index contributed by atoms with van der Waals surface area (Å²) in [5, 5.41) is 0. The summed E-state index contributed by atoms with van der Waals surface area (Å²) in [6.45, 7) is 12.9. The molecule has 1 saturated heterocycles. The number of nitrogens with zero attached hydrogens (tertiary/aromatic N) is 2. The molecule has 19 heavy (non-hydrogen) atoms. The predicted octanol–water partition coefficient (Wildman–Crippen LogP) is 2.61. The highest BCUT2D eigenvalue weighted by molar-refractivity contribution is 4.74. The van der Waals surface area contributed by atoms with Crippen molar-refractivity contribution in [2.24, 2.45) is 5.92 Å². The fourth-order valence-corrected chi connectivity index (χ4v) is 3.42. The minimum atomic E-state index is 0.537. The summed E-state index contributed by atoms with van der Waals surface area (Å²) in [7, 11) is 0. The molecular formula is C16H32N2O. The summed E-state index contributed by atoms with van der Waals surface area (Å²) in [6.07, 6.45) is 7.23. The van der Waals surface area contributed by atoms with Gasteiger partial charge in [-0.3, -0.25) is 4.90 Å². The van der Waals surface area contributed by atoms with Crippen molar-refractivity contribution in [1.82, 2.24) is 9.80 Å². The van der Waals surface area contributed by atoms with E-state index in [0.717, 1.165) is 19.1 Å². The molecule has 1 heterocycles. The second-order valence-corrected chi connectivity index (χ2v) is 6.35. The molecule has 112 valence electrons. The first-order chi connectivity index (χ1) is 9.29. The van der Waals surface area contributed by atoms with Gasteiger partial charge in [0.2, 0.25) is 0 Å². The molecule has 2 aliphatic rings. The van der Waals surface area contributed by atoms with Gasteiger partial charge in [0.05, 0.1) is 12.7 Å². The summed E-state index contributed by atoms with van der Waals surface area (Å²) in [4.78, 5) is 5.15. The van der Waals surface area contributed by atoms with Crippen molar-refractivity contribution in [1.29, 1.82) is 0 Å². The van der Waals surface area contributed by atoms with Gasteiger partial charge in [-0.05, 0) is 31.7 Å². The van der Waals surface area contributed by atoms with Gasteiger partial charge in [-0.2, -0.15) is 0 Å². The van der Waals surface area contributed by atoms with E-state index in [4.69, 9.17) is 4.74 Å². The van der Waals surface area contributed by atoms with E-state index in [2.05, 4.69) is 23.6 Å². The average molecular weight is 268 g/mol. The molecule has 0 unspecified atom stereocenters. The summed E-state index contributed by atoms with van der Waals surface area (Å²) in [6, 6.07) is 0. The van der Waals surface area contributed by atoms with Crippen LogP contribution in [0.4, 0.5) is 0 Å². The Morgan fingerprint density at radius 2 is 1.58 bits per heavy atom. The average Bonchev–Trinajstić information content (AvgIpc) is 2.43. The molecule has 2 rings (SSSR count). The first-order valence-corrected chi connectivity index (χ1v) is 8.36. The minimum Gasteiger partial charge on any atom is -0.377 e. The van der Waals surface area contributed by atoms with Gasteiger partial charge in [-0.25, -0.2) is 0 Å². The topological polar surface area (TPSA) is 15.7 Å². The van der Waals surface area contributed by atoms with E-state index in [1.165, 1.54) is 64.8 Å². The second-order valence-electron chi connectivity index (χ2n) is 6.35. The highest BCUT2D eigenvalue weighted by Crippen LogP contribution is 2.26. The van der Waals surface area contributed by atoms with Crippen LogP contribution in [0.5, 0.6) is 0 Å². The zero-order valence-corrected chi connectivity index (χ0v) is 12.9. The van der Waals surface area contributed by atoms with Gasteiger partial charge in [0.15, 0.2) is 0 Å². The lowest BCUT2D eigenvalue weighted by Gasteiger charge is -2.35. The molecule has 0 radical (unpaired) electrons. The molecule has 3 nitrogen and oxygen atoms in total. The molecule has 3 heteroatoms. The standard InChI is InChI=1S/C16H32N2O/c1-3-8-17-9-11-18(12-10-17)13-14-19-16-7-5-4-6-15(16)2/h15-16H,3-14H2,1-2H3/t15-,16+/m1/s1.